The van der Waals surface area contributed by atoms with E-state index in [0.717, 1.165) is 0 Å². The molecule has 0 N–H and O–H groups in total. The predicted molar refractivity (Wildman–Crippen MR) is 49.8 cm³/mol. The van der Waals surface area contributed by atoms with Crippen LogP contribution in [0, 0.1) is 0 Å². The van der Waals surface area contributed by atoms with Gasteiger partial charge in [0.05, 0.1) is 0 Å². The van der Waals surface area contributed by atoms with Gasteiger partial charge >= 0.3 is 70.2 Å². The first kappa shape index (κ1) is 8.23. The van der Waals surface area contributed by atoms with Crippen LogP contribution in [0.2, 0.25) is 11.4 Å². The third kappa shape index (κ3) is 2.81. The molecule has 0 nitrogen and oxygen atoms in total. The van der Waals surface area contributed by atoms with Gasteiger partial charge in [-0.05, 0) is 0 Å². The van der Waals surface area contributed by atoms with Crippen molar-refractivity contribution < 1.29 is 0 Å². The van der Waals surface area contributed by atoms with Crippen LogP contribution in [0.25, 0.3) is 0 Å². The molecule has 0 fully saturated rings. The second kappa shape index (κ2) is 4.10. The second-order valence-corrected chi connectivity index (χ2v) is 11.2. The molecule has 2 heteroatoms. The fourth-order valence-electron chi connectivity index (χ4n) is 0.692. The minimum atomic E-state index is -0.539. The average Bonchev–Trinajstić information content (AvgIpc) is 1.88. The van der Waals surface area contributed by atoms with Crippen molar-refractivity contribution in [2.24, 2.45) is 0 Å². The van der Waals surface area contributed by atoms with Crippen molar-refractivity contribution in [2.45, 2.75) is 16.3 Å². The molecule has 0 atom stereocenters. The van der Waals surface area contributed by atoms with Crippen molar-refractivity contribution in [1.29, 1.82) is 0 Å². The molecule has 0 saturated carbocycles. The van der Waals surface area contributed by atoms with Gasteiger partial charge in [0.25, 0.3) is 0 Å². The number of hydrogen-bond donors (Lipinski definition) is 0. The van der Waals surface area contributed by atoms with Crippen LogP contribution in [0.1, 0.15) is 0 Å². The molecule has 10 heavy (non-hydrogen) atoms. The molecule has 0 aromatic heterocycles. The molecule has 0 aliphatic rings. The summed E-state index contributed by atoms with van der Waals surface area (Å²) in [4.78, 5) is 1.42. The topological polar surface area (TPSA) is 0 Å². The van der Waals surface area contributed by atoms with Crippen LogP contribution in [0.15, 0.2) is 35.2 Å². The van der Waals surface area contributed by atoms with Gasteiger partial charge in [0.2, 0.25) is 0 Å². The van der Waals surface area contributed by atoms with Crippen molar-refractivity contribution in [1.82, 2.24) is 0 Å². The van der Waals surface area contributed by atoms with Gasteiger partial charge in [0.15, 0.2) is 0 Å². The Balaban J connectivity index is 2.59. The minimum absolute atomic E-state index is 0.539. The van der Waals surface area contributed by atoms with Crippen molar-refractivity contribution >= 4 is 23.5 Å². The fourth-order valence-corrected chi connectivity index (χ4v) is 4.81. The first-order valence-corrected chi connectivity index (χ1v) is 10.0. The molecule has 1 aromatic carbocycles. The first-order valence-electron chi connectivity index (χ1n) is 3.19. The van der Waals surface area contributed by atoms with E-state index >= 15 is 0 Å². The molecule has 0 unspecified atom stereocenters. The van der Waals surface area contributed by atoms with Crippen LogP contribution in [-0.2, 0) is 0 Å². The molecule has 0 radical (unpaired) electrons. The van der Waals surface area contributed by atoms with Crippen LogP contribution in [0.5, 0.6) is 0 Å². The Bertz CT molecular complexity index is 184. The summed E-state index contributed by atoms with van der Waals surface area (Å²) in [5.74, 6) is 0. The van der Waals surface area contributed by atoms with Crippen molar-refractivity contribution in [2.75, 3.05) is 0 Å². The Hall–Kier alpha value is 0.128. The molecule has 0 aliphatic heterocycles. The number of hydrogen-bond acceptors (Lipinski definition) is 1. The molecule has 1 aromatic rings. The fraction of sp³-hybridized carbons (Fsp3) is 0.250. The summed E-state index contributed by atoms with van der Waals surface area (Å²) in [5.41, 5.74) is 4.70. The van der Waals surface area contributed by atoms with Gasteiger partial charge in [0.1, 0.15) is 0 Å². The van der Waals surface area contributed by atoms with Gasteiger partial charge < -0.3 is 0 Å². The van der Waals surface area contributed by atoms with Gasteiger partial charge in [-0.15, -0.1) is 0 Å². The monoisotopic (exact) mass is 214 g/mol. The first-order chi connectivity index (χ1) is 4.79. The molecule has 0 heterocycles. The Labute approximate surface area is 70.3 Å². The van der Waals surface area contributed by atoms with E-state index in [4.69, 9.17) is 0 Å². The van der Waals surface area contributed by atoms with Gasteiger partial charge in [-0.25, -0.2) is 0 Å². The molecular weight excluding hydrogens is 203 g/mol. The summed E-state index contributed by atoms with van der Waals surface area (Å²) in [6.07, 6.45) is 0. The standard InChI is InChI=1S/C8H11AsS/c1-9(2)10-8-6-4-3-5-7-8/h3-7H,1-2H3. The number of rotatable bonds is 2. The maximum atomic E-state index is 2.35. The normalized spacial score (nSPS) is 10.3. The summed E-state index contributed by atoms with van der Waals surface area (Å²) in [6, 6.07) is 10.6. The molecular formula is C8H11AsS. The van der Waals surface area contributed by atoms with Gasteiger partial charge in [-0.1, -0.05) is 0 Å². The van der Waals surface area contributed by atoms with Crippen molar-refractivity contribution in [3.8, 4) is 0 Å². The van der Waals surface area contributed by atoms with E-state index in [-0.39, 0.29) is 0 Å². The zero-order chi connectivity index (χ0) is 7.40. The van der Waals surface area contributed by atoms with E-state index in [1.165, 1.54) is 4.90 Å². The molecule has 0 bridgehead atoms. The van der Waals surface area contributed by atoms with Crippen LogP contribution >= 0.6 is 10.0 Å². The Morgan fingerprint density at radius 2 is 1.70 bits per heavy atom. The summed E-state index contributed by atoms with van der Waals surface area (Å²) in [5, 5.41) is 0. The van der Waals surface area contributed by atoms with Gasteiger partial charge in [0, 0.05) is 0 Å². The van der Waals surface area contributed by atoms with Gasteiger partial charge in [-0.3, -0.25) is 0 Å². The van der Waals surface area contributed by atoms with Crippen LogP contribution < -0.4 is 0 Å². The average molecular weight is 214 g/mol. The summed E-state index contributed by atoms with van der Waals surface area (Å²) >= 11 is -0.539. The molecule has 0 spiro atoms. The summed E-state index contributed by atoms with van der Waals surface area (Å²) < 4.78 is 0. The molecule has 0 amide bonds. The SMILES string of the molecule is C[As](C)Sc1ccccc1. The van der Waals surface area contributed by atoms with E-state index in [2.05, 4.69) is 41.8 Å². The molecule has 0 aliphatic carbocycles. The predicted octanol–water partition coefficient (Wildman–Crippen LogP) is 3.03. The quantitative estimate of drug-likeness (QED) is 0.682. The summed E-state index contributed by atoms with van der Waals surface area (Å²) in [7, 11) is 2.04. The second-order valence-electron chi connectivity index (χ2n) is 2.22. The van der Waals surface area contributed by atoms with E-state index < -0.39 is 13.5 Å². The molecule has 1 rings (SSSR count). The van der Waals surface area contributed by atoms with Crippen molar-refractivity contribution in [3.05, 3.63) is 30.3 Å². The third-order valence-corrected chi connectivity index (χ3v) is 5.50. The third-order valence-electron chi connectivity index (χ3n) is 1.03. The zero-order valence-corrected chi connectivity index (χ0v) is 8.94. The maximum absolute atomic E-state index is 2.35. The van der Waals surface area contributed by atoms with E-state index in [9.17, 15) is 0 Å². The van der Waals surface area contributed by atoms with E-state index in [0.29, 0.717) is 0 Å². The van der Waals surface area contributed by atoms with E-state index in [1.807, 2.05) is 10.0 Å². The Morgan fingerprint density at radius 3 is 2.20 bits per heavy atom. The Morgan fingerprint density at radius 1 is 1.10 bits per heavy atom. The van der Waals surface area contributed by atoms with E-state index in [1.54, 1.807) is 0 Å². The zero-order valence-electron chi connectivity index (χ0n) is 6.24. The van der Waals surface area contributed by atoms with Gasteiger partial charge in [-0.2, -0.15) is 0 Å². The number of benzene rings is 1. The van der Waals surface area contributed by atoms with Crippen molar-refractivity contribution in [3.63, 3.8) is 0 Å². The van der Waals surface area contributed by atoms with Crippen LogP contribution in [0.4, 0.5) is 0 Å². The van der Waals surface area contributed by atoms with Crippen LogP contribution in [0.3, 0.4) is 0 Å². The summed E-state index contributed by atoms with van der Waals surface area (Å²) in [6.45, 7) is 0. The Kier molecular flexibility index (Phi) is 3.37. The van der Waals surface area contributed by atoms with Crippen LogP contribution in [-0.4, -0.2) is 13.5 Å². The molecule has 0 saturated heterocycles. The molecule has 54 valence electrons.